The van der Waals surface area contributed by atoms with Crippen molar-refractivity contribution in [1.82, 2.24) is 14.3 Å². The molecule has 0 radical (unpaired) electrons. The molecule has 1 amide bonds. The highest BCUT2D eigenvalue weighted by Crippen LogP contribution is 2.27. The van der Waals surface area contributed by atoms with Crippen LogP contribution in [0.1, 0.15) is 18.4 Å². The lowest BCUT2D eigenvalue weighted by atomic mass is 9.97. The fraction of sp³-hybridized carbons (Fsp3) is 0.286. The molecule has 0 bridgehead atoms. The van der Waals surface area contributed by atoms with Crippen LogP contribution in [0.5, 0.6) is 0 Å². The van der Waals surface area contributed by atoms with Crippen molar-refractivity contribution in [3.63, 3.8) is 0 Å². The summed E-state index contributed by atoms with van der Waals surface area (Å²) in [5.41, 5.74) is 2.48. The minimum absolute atomic E-state index is 0.121. The van der Waals surface area contributed by atoms with Crippen LogP contribution in [0.3, 0.4) is 0 Å². The number of hydrogen-bond acceptors (Lipinski definition) is 6. The van der Waals surface area contributed by atoms with E-state index in [1.165, 1.54) is 15.6 Å². The van der Waals surface area contributed by atoms with Gasteiger partial charge in [-0.05, 0) is 44.0 Å². The van der Waals surface area contributed by atoms with Crippen LogP contribution >= 0.6 is 11.3 Å². The number of piperidine rings is 1. The molecule has 1 N–H and O–H groups in total. The number of nitrogens with one attached hydrogen (secondary N) is 1. The Kier molecular flexibility index (Phi) is 5.94. The highest BCUT2D eigenvalue weighted by atomic mass is 32.2. The van der Waals surface area contributed by atoms with E-state index in [-0.39, 0.29) is 11.8 Å². The standard InChI is InChI=1S/C21H22N4O3S2/c1-15-5-7-17(8-6-15)30(27,28)25-12-9-16(10-13-25)20(26)24-21-23-19(14-29-21)18-4-2-3-11-22-18/h2-8,11,14,16H,9-10,12-13H2,1H3,(H,23,24,26). The monoisotopic (exact) mass is 442 g/mol. The maximum Gasteiger partial charge on any atom is 0.243 e. The molecule has 1 aliphatic heterocycles. The fourth-order valence-electron chi connectivity index (χ4n) is 3.39. The van der Waals surface area contributed by atoms with Gasteiger partial charge in [-0.1, -0.05) is 23.8 Å². The van der Waals surface area contributed by atoms with E-state index < -0.39 is 10.0 Å². The van der Waals surface area contributed by atoms with Crippen LogP contribution in [0.25, 0.3) is 11.4 Å². The molecule has 1 fully saturated rings. The van der Waals surface area contributed by atoms with Gasteiger partial charge in [0.2, 0.25) is 15.9 Å². The maximum absolute atomic E-state index is 12.8. The summed E-state index contributed by atoms with van der Waals surface area (Å²) in [4.78, 5) is 21.6. The van der Waals surface area contributed by atoms with Gasteiger partial charge in [0.25, 0.3) is 0 Å². The molecule has 7 nitrogen and oxygen atoms in total. The second kappa shape index (κ2) is 8.63. The van der Waals surface area contributed by atoms with E-state index in [2.05, 4.69) is 15.3 Å². The van der Waals surface area contributed by atoms with Crippen molar-refractivity contribution < 1.29 is 13.2 Å². The van der Waals surface area contributed by atoms with Crippen molar-refractivity contribution in [3.8, 4) is 11.4 Å². The van der Waals surface area contributed by atoms with Crippen molar-refractivity contribution in [2.45, 2.75) is 24.7 Å². The average molecular weight is 443 g/mol. The Balaban J connectivity index is 1.36. The van der Waals surface area contributed by atoms with Gasteiger partial charge in [0.05, 0.1) is 10.6 Å². The number of hydrogen-bond donors (Lipinski definition) is 1. The zero-order valence-electron chi connectivity index (χ0n) is 16.5. The Bertz CT molecular complexity index is 1120. The highest BCUT2D eigenvalue weighted by Gasteiger charge is 2.32. The summed E-state index contributed by atoms with van der Waals surface area (Å²) < 4.78 is 27.1. The predicted octanol–water partition coefficient (Wildman–Crippen LogP) is 3.55. The Morgan fingerprint density at radius 2 is 1.83 bits per heavy atom. The van der Waals surface area contributed by atoms with Crippen LogP contribution in [0.4, 0.5) is 5.13 Å². The van der Waals surface area contributed by atoms with Crippen LogP contribution in [0.2, 0.25) is 0 Å². The Hall–Kier alpha value is -2.62. The van der Waals surface area contributed by atoms with E-state index >= 15 is 0 Å². The van der Waals surface area contributed by atoms with Crippen molar-refractivity contribution in [3.05, 3.63) is 59.6 Å². The van der Waals surface area contributed by atoms with E-state index in [0.29, 0.717) is 36.0 Å². The lowest BCUT2D eigenvalue weighted by Gasteiger charge is -2.30. The lowest BCUT2D eigenvalue weighted by Crippen LogP contribution is -2.41. The Morgan fingerprint density at radius 1 is 1.10 bits per heavy atom. The van der Waals surface area contributed by atoms with Crippen LogP contribution in [0, 0.1) is 12.8 Å². The number of aromatic nitrogens is 2. The molecule has 0 atom stereocenters. The minimum atomic E-state index is -3.53. The van der Waals surface area contributed by atoms with Gasteiger partial charge in [0.1, 0.15) is 5.69 Å². The van der Waals surface area contributed by atoms with Crippen LogP contribution in [-0.2, 0) is 14.8 Å². The van der Waals surface area contributed by atoms with E-state index in [0.717, 1.165) is 17.0 Å². The molecule has 3 heterocycles. The molecule has 2 aromatic heterocycles. The van der Waals surface area contributed by atoms with Gasteiger partial charge < -0.3 is 5.32 Å². The number of nitrogens with zero attached hydrogens (tertiary/aromatic N) is 3. The van der Waals surface area contributed by atoms with Crippen molar-refractivity contribution in [1.29, 1.82) is 0 Å². The molecule has 3 aromatic rings. The number of pyridine rings is 1. The van der Waals surface area contributed by atoms with Gasteiger partial charge >= 0.3 is 0 Å². The number of thiazole rings is 1. The minimum Gasteiger partial charge on any atom is -0.302 e. The number of amides is 1. The predicted molar refractivity (Wildman–Crippen MR) is 117 cm³/mol. The summed E-state index contributed by atoms with van der Waals surface area (Å²) in [6, 6.07) is 12.4. The molecule has 0 saturated carbocycles. The Labute approximate surface area is 179 Å². The zero-order valence-corrected chi connectivity index (χ0v) is 18.1. The molecular formula is C21H22N4O3S2. The molecule has 4 rings (SSSR count). The first-order valence-electron chi connectivity index (χ1n) is 9.68. The van der Waals surface area contributed by atoms with Gasteiger partial charge in [-0.3, -0.25) is 9.78 Å². The summed E-state index contributed by atoms with van der Waals surface area (Å²) in [6.45, 7) is 2.57. The first-order chi connectivity index (χ1) is 14.4. The second-order valence-electron chi connectivity index (χ2n) is 7.23. The summed E-state index contributed by atoms with van der Waals surface area (Å²) in [5, 5.41) is 5.25. The molecule has 1 aromatic carbocycles. The molecule has 0 spiro atoms. The van der Waals surface area contributed by atoms with Crippen LogP contribution < -0.4 is 5.32 Å². The largest absolute Gasteiger partial charge is 0.302 e. The maximum atomic E-state index is 12.8. The smallest absolute Gasteiger partial charge is 0.243 e. The molecule has 9 heteroatoms. The fourth-order valence-corrected chi connectivity index (χ4v) is 5.57. The molecule has 0 aliphatic carbocycles. The number of rotatable bonds is 5. The number of sulfonamides is 1. The molecular weight excluding hydrogens is 420 g/mol. The Morgan fingerprint density at radius 3 is 2.50 bits per heavy atom. The zero-order chi connectivity index (χ0) is 21.1. The van der Waals surface area contributed by atoms with Gasteiger partial charge in [0.15, 0.2) is 5.13 Å². The average Bonchev–Trinajstić information content (AvgIpc) is 3.23. The van der Waals surface area contributed by atoms with Gasteiger partial charge in [-0.2, -0.15) is 4.31 Å². The lowest BCUT2D eigenvalue weighted by molar-refractivity contribution is -0.120. The summed E-state index contributed by atoms with van der Waals surface area (Å²) in [7, 11) is -3.53. The van der Waals surface area contributed by atoms with Crippen LogP contribution in [-0.4, -0.2) is 41.7 Å². The number of anilines is 1. The number of aryl methyl sites for hydroxylation is 1. The molecule has 0 unspecified atom stereocenters. The normalized spacial score (nSPS) is 15.8. The first kappa shape index (κ1) is 20.6. The molecule has 156 valence electrons. The number of carbonyl (C=O) groups excluding carboxylic acids is 1. The SMILES string of the molecule is Cc1ccc(S(=O)(=O)N2CCC(C(=O)Nc3nc(-c4ccccn4)cs3)CC2)cc1. The van der Waals surface area contributed by atoms with Crippen molar-refractivity contribution in [2.24, 2.45) is 5.92 Å². The van der Waals surface area contributed by atoms with Gasteiger partial charge in [-0.25, -0.2) is 13.4 Å². The van der Waals surface area contributed by atoms with E-state index in [1.54, 1.807) is 30.5 Å². The van der Waals surface area contributed by atoms with Gasteiger partial charge in [-0.15, -0.1) is 11.3 Å². The second-order valence-corrected chi connectivity index (χ2v) is 10.0. The van der Waals surface area contributed by atoms with Gasteiger partial charge in [0, 0.05) is 30.6 Å². The van der Waals surface area contributed by atoms with E-state index in [9.17, 15) is 13.2 Å². The summed E-state index contributed by atoms with van der Waals surface area (Å²) >= 11 is 1.35. The summed E-state index contributed by atoms with van der Waals surface area (Å²) in [6.07, 6.45) is 2.66. The van der Waals surface area contributed by atoms with Crippen molar-refractivity contribution >= 4 is 32.4 Å². The third kappa shape index (κ3) is 4.43. The summed E-state index contributed by atoms with van der Waals surface area (Å²) in [5.74, 6) is -0.360. The third-order valence-corrected chi connectivity index (χ3v) is 7.82. The quantitative estimate of drug-likeness (QED) is 0.652. The van der Waals surface area contributed by atoms with E-state index in [1.807, 2.05) is 30.5 Å². The van der Waals surface area contributed by atoms with Crippen molar-refractivity contribution in [2.75, 3.05) is 18.4 Å². The molecule has 1 saturated heterocycles. The topological polar surface area (TPSA) is 92.3 Å². The first-order valence-corrected chi connectivity index (χ1v) is 12.0. The van der Waals surface area contributed by atoms with E-state index in [4.69, 9.17) is 0 Å². The number of benzene rings is 1. The molecule has 30 heavy (non-hydrogen) atoms. The number of carbonyl (C=O) groups is 1. The highest BCUT2D eigenvalue weighted by molar-refractivity contribution is 7.89. The molecule has 1 aliphatic rings. The third-order valence-electron chi connectivity index (χ3n) is 5.15. The van der Waals surface area contributed by atoms with Crippen LogP contribution in [0.15, 0.2) is 58.9 Å².